The van der Waals surface area contributed by atoms with Gasteiger partial charge in [-0.2, -0.15) is 0 Å². The van der Waals surface area contributed by atoms with Crippen molar-refractivity contribution in [2.75, 3.05) is 39.3 Å². The van der Waals surface area contributed by atoms with Crippen LogP contribution >= 0.6 is 0 Å². The smallest absolute Gasteiger partial charge is 0.308 e. The van der Waals surface area contributed by atoms with Gasteiger partial charge < -0.3 is 25.3 Å². The van der Waals surface area contributed by atoms with Crippen LogP contribution in [0.3, 0.4) is 0 Å². The molecule has 2 fully saturated rings. The van der Waals surface area contributed by atoms with Gasteiger partial charge in [0.1, 0.15) is 0 Å². The molecule has 2 rings (SSSR count). The Morgan fingerprint density at radius 2 is 1.81 bits per heavy atom. The van der Waals surface area contributed by atoms with Crippen LogP contribution in [0.4, 0.5) is 0 Å². The van der Waals surface area contributed by atoms with E-state index < -0.39 is 11.4 Å². The molecule has 2 heterocycles. The van der Waals surface area contributed by atoms with Crippen LogP contribution in [0.5, 0.6) is 0 Å². The molecular formula is C19H37N3O4. The van der Waals surface area contributed by atoms with Crippen molar-refractivity contribution < 1.29 is 19.8 Å². The first kappa shape index (κ1) is 22.9. The largest absolute Gasteiger partial charge is 0.481 e. The number of aliphatic hydroxyl groups excluding tert-OH is 1. The highest BCUT2D eigenvalue weighted by molar-refractivity contribution is 5.82. The zero-order chi connectivity index (χ0) is 19.7. The summed E-state index contributed by atoms with van der Waals surface area (Å²) in [4.78, 5) is 26.5. The Labute approximate surface area is 157 Å². The summed E-state index contributed by atoms with van der Waals surface area (Å²) < 4.78 is 0. The van der Waals surface area contributed by atoms with E-state index in [9.17, 15) is 14.7 Å². The highest BCUT2D eigenvalue weighted by Gasteiger charge is 2.30. The minimum absolute atomic E-state index is 0.0148. The first-order chi connectivity index (χ1) is 12.2. The average Bonchev–Trinajstić information content (AvgIpc) is 2.59. The summed E-state index contributed by atoms with van der Waals surface area (Å²) in [6.07, 6.45) is 4.80. The number of hydrogen-bond acceptors (Lipinski definition) is 5. The van der Waals surface area contributed by atoms with Crippen molar-refractivity contribution in [1.29, 1.82) is 0 Å². The summed E-state index contributed by atoms with van der Waals surface area (Å²) in [5, 5.41) is 21.0. The Bertz CT molecular complexity index is 445. The van der Waals surface area contributed by atoms with Crippen LogP contribution in [-0.2, 0) is 9.59 Å². The molecule has 0 saturated carbocycles. The van der Waals surface area contributed by atoms with E-state index in [4.69, 9.17) is 5.11 Å². The molecular weight excluding hydrogens is 334 g/mol. The minimum Gasteiger partial charge on any atom is -0.481 e. The van der Waals surface area contributed by atoms with E-state index in [0.717, 1.165) is 19.5 Å². The molecule has 2 saturated heterocycles. The summed E-state index contributed by atoms with van der Waals surface area (Å²) in [6.45, 7) is 11.8. The lowest BCUT2D eigenvalue weighted by molar-refractivity contribution is -0.145. The maximum absolute atomic E-state index is 12.1. The molecule has 7 heteroatoms. The molecule has 0 aliphatic carbocycles. The first-order valence-electron chi connectivity index (χ1n) is 9.77. The second-order valence-electron chi connectivity index (χ2n) is 8.29. The van der Waals surface area contributed by atoms with Gasteiger partial charge >= 0.3 is 5.97 Å². The molecule has 0 bridgehead atoms. The molecule has 3 N–H and O–H groups in total. The Morgan fingerprint density at radius 1 is 1.23 bits per heavy atom. The van der Waals surface area contributed by atoms with Crippen LogP contribution in [0.25, 0.3) is 0 Å². The van der Waals surface area contributed by atoms with E-state index in [1.807, 2.05) is 11.8 Å². The standard InChI is InChI=1S/C14H27N3O2.C5H10O2/c1-12-14(19)17(10-6-15-12)13(11-18)5-9-16-7-3-2-4-8-16;1-5(2,3)4(6)7/h12-13,15,18H,2-11H2,1H3;1-3H3,(H,6,7)/t12-,13-;/m0./s1. The zero-order valence-electron chi connectivity index (χ0n) is 16.8. The fraction of sp³-hybridized carbons (Fsp3) is 0.895. The van der Waals surface area contributed by atoms with Crippen molar-refractivity contribution >= 4 is 11.9 Å². The molecule has 2 aliphatic rings. The molecule has 0 spiro atoms. The third-order valence-electron chi connectivity index (χ3n) is 4.98. The number of carboxylic acids is 1. The van der Waals surface area contributed by atoms with Crippen molar-refractivity contribution in [3.63, 3.8) is 0 Å². The molecule has 0 radical (unpaired) electrons. The van der Waals surface area contributed by atoms with Gasteiger partial charge in [0.05, 0.1) is 24.1 Å². The fourth-order valence-electron chi connectivity index (χ4n) is 3.07. The van der Waals surface area contributed by atoms with Crippen LogP contribution in [0, 0.1) is 5.41 Å². The number of nitrogens with zero attached hydrogens (tertiary/aromatic N) is 2. The van der Waals surface area contributed by atoms with E-state index >= 15 is 0 Å². The molecule has 2 aliphatic heterocycles. The molecule has 0 unspecified atom stereocenters. The number of carbonyl (C=O) groups is 2. The van der Waals surface area contributed by atoms with Crippen molar-refractivity contribution in [3.8, 4) is 0 Å². The Balaban J connectivity index is 0.000000412. The molecule has 0 aromatic carbocycles. The number of hydrogen-bond donors (Lipinski definition) is 3. The Kier molecular flexibility index (Phi) is 9.54. The van der Waals surface area contributed by atoms with Crippen LogP contribution in [0.1, 0.15) is 53.4 Å². The number of rotatable bonds is 5. The van der Waals surface area contributed by atoms with Gasteiger partial charge in [-0.3, -0.25) is 9.59 Å². The molecule has 2 atom stereocenters. The van der Waals surface area contributed by atoms with E-state index in [0.29, 0.717) is 6.54 Å². The highest BCUT2D eigenvalue weighted by atomic mass is 16.4. The number of likely N-dealkylation sites (tertiary alicyclic amines) is 1. The second-order valence-corrected chi connectivity index (χ2v) is 8.29. The number of carboxylic acid groups (broad SMARTS) is 1. The topological polar surface area (TPSA) is 93.1 Å². The lowest BCUT2D eigenvalue weighted by atomic mass is 9.98. The van der Waals surface area contributed by atoms with E-state index in [2.05, 4.69) is 10.2 Å². The summed E-state index contributed by atoms with van der Waals surface area (Å²) in [5.41, 5.74) is -0.583. The molecule has 152 valence electrons. The lowest BCUT2D eigenvalue weighted by Crippen LogP contribution is -2.58. The van der Waals surface area contributed by atoms with Crippen molar-refractivity contribution in [2.45, 2.75) is 65.5 Å². The van der Waals surface area contributed by atoms with Crippen LogP contribution in [-0.4, -0.2) is 83.3 Å². The van der Waals surface area contributed by atoms with Crippen LogP contribution in [0.2, 0.25) is 0 Å². The summed E-state index contributed by atoms with van der Waals surface area (Å²) in [7, 11) is 0. The van der Waals surface area contributed by atoms with Crippen molar-refractivity contribution in [1.82, 2.24) is 15.1 Å². The Hall–Kier alpha value is -1.18. The highest BCUT2D eigenvalue weighted by Crippen LogP contribution is 2.14. The SMILES string of the molecule is CC(C)(C)C(=O)O.C[C@@H]1NCCN([C@H](CO)CCN2CCCCC2)C1=O. The number of carbonyl (C=O) groups excluding carboxylic acids is 1. The third kappa shape index (κ3) is 7.60. The molecule has 26 heavy (non-hydrogen) atoms. The van der Waals surface area contributed by atoms with Crippen LogP contribution < -0.4 is 5.32 Å². The predicted octanol–water partition coefficient (Wildman–Crippen LogP) is 1.16. The van der Waals surface area contributed by atoms with Crippen molar-refractivity contribution in [3.05, 3.63) is 0 Å². The van der Waals surface area contributed by atoms with E-state index in [1.165, 1.54) is 32.4 Å². The van der Waals surface area contributed by atoms with Gasteiger partial charge in [0, 0.05) is 19.6 Å². The average molecular weight is 372 g/mol. The monoisotopic (exact) mass is 371 g/mol. The molecule has 0 aromatic heterocycles. The van der Waals surface area contributed by atoms with Crippen molar-refractivity contribution in [2.24, 2.45) is 5.41 Å². The normalized spacial score (nSPS) is 23.2. The number of aliphatic carboxylic acids is 1. The maximum Gasteiger partial charge on any atom is 0.308 e. The third-order valence-corrected chi connectivity index (χ3v) is 4.98. The number of piperidine rings is 1. The predicted molar refractivity (Wildman–Crippen MR) is 102 cm³/mol. The quantitative estimate of drug-likeness (QED) is 0.672. The van der Waals surface area contributed by atoms with Gasteiger partial charge in [-0.15, -0.1) is 0 Å². The minimum atomic E-state index is -0.757. The number of piperazine rings is 1. The first-order valence-corrected chi connectivity index (χ1v) is 9.77. The molecule has 1 amide bonds. The van der Waals surface area contributed by atoms with Gasteiger partial charge in [0.15, 0.2) is 0 Å². The summed E-state index contributed by atoms with van der Waals surface area (Å²) in [6, 6.07) is -0.128. The van der Waals surface area contributed by atoms with Gasteiger partial charge in [-0.1, -0.05) is 6.42 Å². The van der Waals surface area contributed by atoms with E-state index in [1.54, 1.807) is 20.8 Å². The number of aliphatic hydroxyl groups is 1. The number of nitrogens with one attached hydrogen (secondary N) is 1. The van der Waals surface area contributed by atoms with Gasteiger partial charge in [0.25, 0.3) is 0 Å². The van der Waals surface area contributed by atoms with Crippen LogP contribution in [0.15, 0.2) is 0 Å². The second kappa shape index (κ2) is 10.8. The van der Waals surface area contributed by atoms with Gasteiger partial charge in [-0.05, 0) is 60.0 Å². The van der Waals surface area contributed by atoms with E-state index in [-0.39, 0.29) is 24.6 Å². The summed E-state index contributed by atoms with van der Waals surface area (Å²) in [5.74, 6) is -0.628. The Morgan fingerprint density at radius 3 is 2.31 bits per heavy atom. The fourth-order valence-corrected chi connectivity index (χ4v) is 3.07. The molecule has 7 nitrogen and oxygen atoms in total. The lowest BCUT2D eigenvalue weighted by Gasteiger charge is -2.38. The number of amides is 1. The maximum atomic E-state index is 12.1. The summed E-state index contributed by atoms with van der Waals surface area (Å²) >= 11 is 0. The molecule has 0 aromatic rings. The van der Waals surface area contributed by atoms with Gasteiger partial charge in [-0.25, -0.2) is 0 Å². The zero-order valence-corrected chi connectivity index (χ0v) is 16.8. The van der Waals surface area contributed by atoms with Gasteiger partial charge in [0.2, 0.25) is 5.91 Å².